The lowest BCUT2D eigenvalue weighted by Gasteiger charge is -2.33. The number of nitrogens with one attached hydrogen (secondary N) is 1. The average Bonchev–Trinajstić information content (AvgIpc) is 3.37. The minimum Gasteiger partial charge on any atom is -0.497 e. The standard InChI is InChI=1S/C30H32N4O4/c1-37-24-14-8-12-22(19-24)27-26-15-6-7-17-34(26)28(32-27)23-13-9-16-33(20-23)30(36)31-25(29(35)38-2)18-21-10-4-3-5-11-21/h3-8,10-12,14-15,17,19,23,25H,9,13,16,18,20H2,1-2H3,(H,31,36)/t23?,25-/m0/s1. The van der Waals surface area contributed by atoms with Crippen molar-refractivity contribution in [3.05, 3.63) is 90.4 Å². The number of carbonyl (C=O) groups is 2. The molecule has 4 aromatic rings. The van der Waals surface area contributed by atoms with Crippen molar-refractivity contribution in [3.63, 3.8) is 0 Å². The second-order valence-electron chi connectivity index (χ2n) is 9.51. The zero-order chi connectivity index (χ0) is 26.5. The second-order valence-corrected chi connectivity index (χ2v) is 9.51. The van der Waals surface area contributed by atoms with E-state index in [1.165, 1.54) is 7.11 Å². The van der Waals surface area contributed by atoms with E-state index in [4.69, 9.17) is 14.5 Å². The van der Waals surface area contributed by atoms with Crippen LogP contribution in [0.2, 0.25) is 0 Å². The van der Waals surface area contributed by atoms with E-state index in [2.05, 4.69) is 15.8 Å². The first-order chi connectivity index (χ1) is 18.6. The lowest BCUT2D eigenvalue weighted by Crippen LogP contribution is -2.51. The summed E-state index contributed by atoms with van der Waals surface area (Å²) in [5, 5.41) is 2.91. The summed E-state index contributed by atoms with van der Waals surface area (Å²) < 4.78 is 12.5. The molecule has 1 aliphatic heterocycles. The van der Waals surface area contributed by atoms with E-state index in [9.17, 15) is 9.59 Å². The summed E-state index contributed by atoms with van der Waals surface area (Å²) >= 11 is 0. The maximum atomic E-state index is 13.3. The van der Waals surface area contributed by atoms with E-state index in [0.29, 0.717) is 19.5 Å². The Morgan fingerprint density at radius 1 is 1.05 bits per heavy atom. The molecule has 38 heavy (non-hydrogen) atoms. The molecule has 2 atom stereocenters. The number of hydrogen-bond donors (Lipinski definition) is 1. The lowest BCUT2D eigenvalue weighted by atomic mass is 9.97. The van der Waals surface area contributed by atoms with Gasteiger partial charge >= 0.3 is 12.0 Å². The number of fused-ring (bicyclic) bond motifs is 1. The number of esters is 1. The third-order valence-electron chi connectivity index (χ3n) is 7.06. The molecule has 0 saturated carbocycles. The zero-order valence-electron chi connectivity index (χ0n) is 21.7. The molecule has 0 radical (unpaired) electrons. The highest BCUT2D eigenvalue weighted by atomic mass is 16.5. The van der Waals surface area contributed by atoms with Gasteiger partial charge in [-0.1, -0.05) is 48.5 Å². The van der Waals surface area contributed by atoms with E-state index in [1.807, 2.05) is 72.9 Å². The van der Waals surface area contributed by atoms with Gasteiger partial charge in [-0.05, 0) is 42.7 Å². The molecule has 196 valence electrons. The van der Waals surface area contributed by atoms with Crippen LogP contribution in [0.5, 0.6) is 5.75 Å². The number of benzene rings is 2. The van der Waals surface area contributed by atoms with Crippen molar-refractivity contribution in [1.82, 2.24) is 19.6 Å². The number of methoxy groups -OCH3 is 2. The summed E-state index contributed by atoms with van der Waals surface area (Å²) in [6.45, 7) is 1.13. The Kier molecular flexibility index (Phi) is 7.58. The van der Waals surface area contributed by atoms with Crippen LogP contribution in [0.4, 0.5) is 4.79 Å². The van der Waals surface area contributed by atoms with Crippen LogP contribution < -0.4 is 10.1 Å². The first-order valence-electron chi connectivity index (χ1n) is 12.9. The number of aromatic nitrogens is 2. The smallest absolute Gasteiger partial charge is 0.328 e. The molecule has 8 heteroatoms. The van der Waals surface area contributed by atoms with Gasteiger partial charge in [0.2, 0.25) is 0 Å². The summed E-state index contributed by atoms with van der Waals surface area (Å²) in [7, 11) is 2.99. The fourth-order valence-corrected chi connectivity index (χ4v) is 5.13. The van der Waals surface area contributed by atoms with Crippen molar-refractivity contribution in [2.24, 2.45) is 0 Å². The molecule has 2 aromatic carbocycles. The van der Waals surface area contributed by atoms with Crippen molar-refractivity contribution in [3.8, 4) is 17.0 Å². The Hall–Kier alpha value is -4.33. The van der Waals surface area contributed by atoms with Gasteiger partial charge in [0.15, 0.2) is 0 Å². The summed E-state index contributed by atoms with van der Waals surface area (Å²) in [5.74, 6) is 1.29. The first-order valence-corrected chi connectivity index (χ1v) is 12.9. The molecule has 0 bridgehead atoms. The summed E-state index contributed by atoms with van der Waals surface area (Å²) in [6, 6.07) is 22.5. The van der Waals surface area contributed by atoms with Gasteiger partial charge in [0.05, 0.1) is 25.4 Å². The topological polar surface area (TPSA) is 85.2 Å². The van der Waals surface area contributed by atoms with Crippen LogP contribution >= 0.6 is 0 Å². The Balaban J connectivity index is 1.37. The molecule has 2 amide bonds. The highest BCUT2D eigenvalue weighted by Gasteiger charge is 2.31. The second kappa shape index (κ2) is 11.4. The van der Waals surface area contributed by atoms with Crippen molar-refractivity contribution < 1.29 is 19.1 Å². The molecule has 5 rings (SSSR count). The number of imidazole rings is 1. The fourth-order valence-electron chi connectivity index (χ4n) is 5.13. The number of pyridine rings is 1. The minimum atomic E-state index is -0.762. The van der Waals surface area contributed by atoms with Crippen molar-refractivity contribution >= 4 is 17.5 Å². The van der Waals surface area contributed by atoms with Gasteiger partial charge in [-0.25, -0.2) is 14.6 Å². The number of urea groups is 1. The summed E-state index contributed by atoms with van der Waals surface area (Å²) in [5.41, 5.74) is 3.82. The van der Waals surface area contributed by atoms with Crippen LogP contribution in [-0.4, -0.2) is 59.6 Å². The predicted molar refractivity (Wildman–Crippen MR) is 145 cm³/mol. The van der Waals surface area contributed by atoms with Crippen LogP contribution in [0.15, 0.2) is 79.0 Å². The monoisotopic (exact) mass is 512 g/mol. The van der Waals surface area contributed by atoms with Gasteiger partial charge in [0, 0.05) is 37.2 Å². The zero-order valence-corrected chi connectivity index (χ0v) is 21.7. The molecule has 0 aliphatic carbocycles. The summed E-state index contributed by atoms with van der Waals surface area (Å²) in [6.07, 6.45) is 4.15. The molecule has 1 N–H and O–H groups in total. The van der Waals surface area contributed by atoms with E-state index < -0.39 is 12.0 Å². The third-order valence-corrected chi connectivity index (χ3v) is 7.06. The van der Waals surface area contributed by atoms with Crippen LogP contribution in [0.1, 0.15) is 30.1 Å². The maximum absolute atomic E-state index is 13.3. The largest absolute Gasteiger partial charge is 0.497 e. The molecule has 3 heterocycles. The van der Waals surface area contributed by atoms with E-state index in [1.54, 1.807) is 12.0 Å². The summed E-state index contributed by atoms with van der Waals surface area (Å²) in [4.78, 5) is 32.7. The number of amides is 2. The van der Waals surface area contributed by atoms with Gasteiger partial charge < -0.3 is 24.1 Å². The van der Waals surface area contributed by atoms with Gasteiger partial charge in [-0.2, -0.15) is 0 Å². The van der Waals surface area contributed by atoms with Crippen LogP contribution in [-0.2, 0) is 16.0 Å². The molecule has 0 spiro atoms. The number of nitrogens with zero attached hydrogens (tertiary/aromatic N) is 3. The minimum absolute atomic E-state index is 0.0504. The van der Waals surface area contributed by atoms with Gasteiger partial charge in [0.25, 0.3) is 0 Å². The molecule has 1 fully saturated rings. The molecular formula is C30H32N4O4. The fraction of sp³-hybridized carbons (Fsp3) is 0.300. The molecular weight excluding hydrogens is 480 g/mol. The number of likely N-dealkylation sites (tertiary alicyclic amines) is 1. The Bertz CT molecular complexity index is 1420. The molecule has 1 aliphatic rings. The normalized spacial score (nSPS) is 16.2. The van der Waals surface area contributed by atoms with E-state index >= 15 is 0 Å². The highest BCUT2D eigenvalue weighted by molar-refractivity contribution is 5.84. The van der Waals surface area contributed by atoms with Crippen LogP contribution in [0, 0.1) is 0 Å². The SMILES string of the molecule is COC(=O)[C@H](Cc1ccccc1)NC(=O)N1CCCC(c2nc(-c3cccc(OC)c3)c3ccccn23)C1. The highest BCUT2D eigenvalue weighted by Crippen LogP contribution is 2.33. The quantitative estimate of drug-likeness (QED) is 0.364. The Morgan fingerprint density at radius 3 is 2.66 bits per heavy atom. The van der Waals surface area contributed by atoms with Gasteiger partial charge in [-0.3, -0.25) is 0 Å². The van der Waals surface area contributed by atoms with E-state index in [-0.39, 0.29) is 11.9 Å². The number of rotatable bonds is 7. The van der Waals surface area contributed by atoms with Crippen molar-refractivity contribution in [2.75, 3.05) is 27.3 Å². The first kappa shape index (κ1) is 25.3. The predicted octanol–water partition coefficient (Wildman–Crippen LogP) is 4.68. The Morgan fingerprint density at radius 2 is 1.87 bits per heavy atom. The molecule has 1 saturated heterocycles. The Labute approximate surface area is 222 Å². The van der Waals surface area contributed by atoms with Crippen molar-refractivity contribution in [1.29, 1.82) is 0 Å². The average molecular weight is 513 g/mol. The van der Waals surface area contributed by atoms with Crippen LogP contribution in [0.3, 0.4) is 0 Å². The third kappa shape index (κ3) is 5.34. The van der Waals surface area contributed by atoms with Crippen LogP contribution in [0.25, 0.3) is 16.8 Å². The van der Waals surface area contributed by atoms with Crippen molar-refractivity contribution in [2.45, 2.75) is 31.2 Å². The molecule has 2 aromatic heterocycles. The molecule has 1 unspecified atom stereocenters. The van der Waals surface area contributed by atoms with Gasteiger partial charge in [0.1, 0.15) is 17.6 Å². The maximum Gasteiger partial charge on any atom is 0.328 e. The number of ether oxygens (including phenoxy) is 2. The number of hydrogen-bond acceptors (Lipinski definition) is 5. The lowest BCUT2D eigenvalue weighted by molar-refractivity contribution is -0.142. The number of carbonyl (C=O) groups excluding carboxylic acids is 2. The number of piperidine rings is 1. The van der Waals surface area contributed by atoms with E-state index in [0.717, 1.165) is 46.8 Å². The molecule has 8 nitrogen and oxygen atoms in total. The van der Waals surface area contributed by atoms with Gasteiger partial charge in [-0.15, -0.1) is 0 Å².